The van der Waals surface area contributed by atoms with E-state index in [0.29, 0.717) is 25.3 Å². The zero-order valence-corrected chi connectivity index (χ0v) is 15.4. The Morgan fingerprint density at radius 3 is 2.52 bits per heavy atom. The van der Waals surface area contributed by atoms with Gasteiger partial charge in [0.15, 0.2) is 5.82 Å². The average molecular weight is 374 g/mol. The van der Waals surface area contributed by atoms with Gasteiger partial charge in [-0.15, -0.1) is 0 Å². The van der Waals surface area contributed by atoms with Gasteiger partial charge in [-0.05, 0) is 39.3 Å². The largest absolute Gasteiger partial charge is 0.508 e. The predicted octanol–water partition coefficient (Wildman–Crippen LogP) is 2.37. The van der Waals surface area contributed by atoms with Crippen LogP contribution in [0.5, 0.6) is 11.5 Å². The molecule has 0 bridgehead atoms. The molecule has 2 amide bonds. The second-order valence-electron chi connectivity index (χ2n) is 7.37. The normalized spacial score (nSPS) is 13.8. The van der Waals surface area contributed by atoms with E-state index in [-0.39, 0.29) is 17.1 Å². The van der Waals surface area contributed by atoms with Crippen molar-refractivity contribution in [3.63, 3.8) is 0 Å². The van der Waals surface area contributed by atoms with E-state index >= 15 is 0 Å². The lowest BCUT2D eigenvalue weighted by Crippen LogP contribution is -2.39. The van der Waals surface area contributed by atoms with Gasteiger partial charge in [-0.1, -0.05) is 0 Å². The van der Waals surface area contributed by atoms with Crippen molar-refractivity contribution in [1.29, 1.82) is 0 Å². The number of fused-ring (bicyclic) bond motifs is 1. The van der Waals surface area contributed by atoms with Gasteiger partial charge in [-0.3, -0.25) is 9.89 Å². The molecule has 9 nitrogen and oxygen atoms in total. The first kappa shape index (κ1) is 18.6. The number of aromatic amines is 1. The van der Waals surface area contributed by atoms with Gasteiger partial charge in [0.25, 0.3) is 5.91 Å². The van der Waals surface area contributed by atoms with Crippen molar-refractivity contribution in [2.75, 3.05) is 11.9 Å². The Labute approximate surface area is 155 Å². The van der Waals surface area contributed by atoms with Gasteiger partial charge < -0.3 is 25.2 Å². The molecule has 0 saturated heterocycles. The number of H-pyrrole nitrogens is 1. The number of aromatic nitrogens is 2. The number of rotatable bonds is 2. The summed E-state index contributed by atoms with van der Waals surface area (Å²) in [5.41, 5.74) is 1.07. The molecular formula is C18H22N4O5. The number of hydrogen-bond acceptors (Lipinski definition) is 6. The molecule has 0 saturated carbocycles. The molecule has 4 N–H and O–H groups in total. The SMILES string of the molecule is CC(C)(C)OC(=O)N1CCc2c(NC(=O)c3cc(O)cc(O)c3)n[nH]c2C1. The lowest BCUT2D eigenvalue weighted by molar-refractivity contribution is 0.0221. The number of hydrogen-bond donors (Lipinski definition) is 4. The third kappa shape index (κ3) is 4.30. The van der Waals surface area contributed by atoms with Crippen LogP contribution in [0, 0.1) is 0 Å². The maximum atomic E-state index is 12.4. The van der Waals surface area contributed by atoms with Crippen molar-refractivity contribution in [1.82, 2.24) is 15.1 Å². The molecule has 3 rings (SSSR count). The number of nitrogens with zero attached hydrogens (tertiary/aromatic N) is 2. The zero-order chi connectivity index (χ0) is 19.8. The van der Waals surface area contributed by atoms with Crippen molar-refractivity contribution < 1.29 is 24.5 Å². The van der Waals surface area contributed by atoms with Gasteiger partial charge in [0, 0.05) is 23.7 Å². The van der Waals surface area contributed by atoms with Crippen molar-refractivity contribution in [2.45, 2.75) is 39.3 Å². The number of amides is 2. The Balaban J connectivity index is 1.71. The van der Waals surface area contributed by atoms with E-state index < -0.39 is 17.6 Å². The molecule has 1 aromatic heterocycles. The molecular weight excluding hydrogens is 352 g/mol. The number of carbonyl (C=O) groups excluding carboxylic acids is 2. The second kappa shape index (κ2) is 6.82. The Bertz CT molecular complexity index is 864. The minimum atomic E-state index is -0.572. The Kier molecular flexibility index (Phi) is 4.69. The summed E-state index contributed by atoms with van der Waals surface area (Å²) in [5, 5.41) is 28.6. The maximum absolute atomic E-state index is 12.4. The molecule has 1 aliphatic rings. The molecule has 0 spiro atoms. The summed E-state index contributed by atoms with van der Waals surface area (Å²) in [4.78, 5) is 26.1. The van der Waals surface area contributed by atoms with E-state index in [2.05, 4.69) is 15.5 Å². The van der Waals surface area contributed by atoms with Crippen molar-refractivity contribution >= 4 is 17.8 Å². The number of benzene rings is 1. The van der Waals surface area contributed by atoms with Gasteiger partial charge in [0.1, 0.15) is 17.1 Å². The summed E-state index contributed by atoms with van der Waals surface area (Å²) in [7, 11) is 0. The number of phenolic OH excluding ortho intramolecular Hbond substituents is 2. The highest BCUT2D eigenvalue weighted by molar-refractivity contribution is 6.04. The summed E-state index contributed by atoms with van der Waals surface area (Å²) in [6, 6.07) is 3.63. The van der Waals surface area contributed by atoms with Crippen LogP contribution in [0.2, 0.25) is 0 Å². The minimum Gasteiger partial charge on any atom is -0.508 e. The summed E-state index contributed by atoms with van der Waals surface area (Å²) >= 11 is 0. The average Bonchev–Trinajstić information content (AvgIpc) is 2.94. The summed E-state index contributed by atoms with van der Waals surface area (Å²) in [6.45, 7) is 6.17. The Morgan fingerprint density at radius 2 is 1.89 bits per heavy atom. The molecule has 0 aliphatic carbocycles. The number of phenols is 2. The highest BCUT2D eigenvalue weighted by atomic mass is 16.6. The van der Waals surface area contributed by atoms with Gasteiger partial charge in [0.05, 0.1) is 12.2 Å². The predicted molar refractivity (Wildman–Crippen MR) is 96.7 cm³/mol. The van der Waals surface area contributed by atoms with Crippen LogP contribution in [0.1, 0.15) is 42.4 Å². The summed E-state index contributed by atoms with van der Waals surface area (Å²) in [6.07, 6.45) is 0.106. The molecule has 0 atom stereocenters. The highest BCUT2D eigenvalue weighted by Crippen LogP contribution is 2.26. The number of aromatic hydroxyl groups is 2. The van der Waals surface area contributed by atoms with Crippen LogP contribution in [-0.2, 0) is 17.7 Å². The molecule has 0 fully saturated rings. The van der Waals surface area contributed by atoms with Crippen LogP contribution < -0.4 is 5.32 Å². The third-order valence-electron chi connectivity index (χ3n) is 3.98. The molecule has 1 aliphatic heterocycles. The van der Waals surface area contributed by atoms with Crippen LogP contribution in [0.4, 0.5) is 10.6 Å². The fourth-order valence-corrected chi connectivity index (χ4v) is 2.81. The standard InChI is InChI=1S/C18H22N4O5/c1-18(2,3)27-17(26)22-5-4-13-14(9-22)20-21-15(13)19-16(25)10-6-11(23)8-12(24)7-10/h6-8,23-24H,4-5,9H2,1-3H3,(H2,19,20,21,25). The molecule has 27 heavy (non-hydrogen) atoms. The van der Waals surface area contributed by atoms with Gasteiger partial charge >= 0.3 is 6.09 Å². The Hall–Kier alpha value is -3.23. The van der Waals surface area contributed by atoms with Gasteiger partial charge in [0.2, 0.25) is 0 Å². The Morgan fingerprint density at radius 1 is 1.22 bits per heavy atom. The van der Waals surface area contributed by atoms with Crippen molar-refractivity contribution in [3.8, 4) is 11.5 Å². The first-order valence-corrected chi connectivity index (χ1v) is 8.51. The molecule has 144 valence electrons. The summed E-state index contributed by atoms with van der Waals surface area (Å²) < 4.78 is 5.38. The monoisotopic (exact) mass is 374 g/mol. The van der Waals surface area contributed by atoms with Crippen LogP contribution >= 0.6 is 0 Å². The lowest BCUT2D eigenvalue weighted by Gasteiger charge is -2.29. The third-order valence-corrected chi connectivity index (χ3v) is 3.98. The first-order valence-electron chi connectivity index (χ1n) is 8.51. The van der Waals surface area contributed by atoms with Crippen LogP contribution in [0.25, 0.3) is 0 Å². The molecule has 2 heterocycles. The number of carbonyl (C=O) groups is 2. The van der Waals surface area contributed by atoms with Crippen molar-refractivity contribution in [3.05, 3.63) is 35.0 Å². The van der Waals surface area contributed by atoms with E-state index in [0.717, 1.165) is 17.3 Å². The number of nitrogens with one attached hydrogen (secondary N) is 2. The van der Waals surface area contributed by atoms with E-state index in [4.69, 9.17) is 4.74 Å². The molecule has 9 heteroatoms. The fraction of sp³-hybridized carbons (Fsp3) is 0.389. The lowest BCUT2D eigenvalue weighted by atomic mass is 10.1. The molecule has 2 aromatic rings. The molecule has 0 unspecified atom stereocenters. The van der Waals surface area contributed by atoms with Crippen LogP contribution in [-0.4, -0.2) is 49.5 Å². The van der Waals surface area contributed by atoms with E-state index in [1.807, 2.05) is 20.8 Å². The van der Waals surface area contributed by atoms with Crippen LogP contribution in [0.3, 0.4) is 0 Å². The zero-order valence-electron chi connectivity index (χ0n) is 15.4. The highest BCUT2D eigenvalue weighted by Gasteiger charge is 2.29. The first-order chi connectivity index (χ1) is 12.6. The van der Waals surface area contributed by atoms with Crippen LogP contribution in [0.15, 0.2) is 18.2 Å². The van der Waals surface area contributed by atoms with Gasteiger partial charge in [-0.2, -0.15) is 5.10 Å². The van der Waals surface area contributed by atoms with Gasteiger partial charge in [-0.25, -0.2) is 4.79 Å². The number of anilines is 1. The summed E-state index contributed by atoms with van der Waals surface area (Å²) in [5.74, 6) is -0.568. The maximum Gasteiger partial charge on any atom is 0.410 e. The van der Waals surface area contributed by atoms with E-state index in [1.165, 1.54) is 12.1 Å². The minimum absolute atomic E-state index is 0.107. The van der Waals surface area contributed by atoms with E-state index in [1.54, 1.807) is 4.90 Å². The topological polar surface area (TPSA) is 128 Å². The van der Waals surface area contributed by atoms with E-state index in [9.17, 15) is 19.8 Å². The molecule has 1 aromatic carbocycles. The quantitative estimate of drug-likeness (QED) is 0.639. The molecule has 0 radical (unpaired) electrons. The second-order valence-corrected chi connectivity index (χ2v) is 7.37. The fourth-order valence-electron chi connectivity index (χ4n) is 2.81. The smallest absolute Gasteiger partial charge is 0.410 e. The number of ether oxygens (including phenoxy) is 1. The van der Waals surface area contributed by atoms with Crippen molar-refractivity contribution in [2.24, 2.45) is 0 Å².